The number of anilines is 3. The summed E-state index contributed by atoms with van der Waals surface area (Å²) in [5, 5.41) is 12.7. The van der Waals surface area contributed by atoms with E-state index in [-0.39, 0.29) is 23.3 Å². The highest BCUT2D eigenvalue weighted by molar-refractivity contribution is 7.89. The second-order valence-electron chi connectivity index (χ2n) is 7.06. The Labute approximate surface area is 183 Å². The van der Waals surface area contributed by atoms with Crippen LogP contribution in [-0.2, 0) is 21.2 Å². The lowest BCUT2D eigenvalue weighted by atomic mass is 10.2. The number of nitrogens with two attached hydrogens (primary N) is 1. The third kappa shape index (κ3) is 4.93. The number of amides is 2. The molecule has 2 amide bonds. The Hall–Kier alpha value is -3.21. The average molecular weight is 457 g/mol. The Morgan fingerprint density at radius 1 is 1.03 bits per heavy atom. The van der Waals surface area contributed by atoms with E-state index in [4.69, 9.17) is 5.14 Å². The molecule has 0 unspecified atom stereocenters. The topological polar surface area (TPSA) is 122 Å². The molecular weight excluding hydrogens is 436 g/mol. The Bertz CT molecular complexity index is 1220. The summed E-state index contributed by atoms with van der Waals surface area (Å²) < 4.78 is 23.0. The van der Waals surface area contributed by atoms with E-state index in [1.54, 1.807) is 42.5 Å². The minimum absolute atomic E-state index is 0.0730. The van der Waals surface area contributed by atoms with Crippen molar-refractivity contribution in [1.82, 2.24) is 0 Å². The van der Waals surface area contributed by atoms with Crippen LogP contribution in [0.25, 0.3) is 0 Å². The van der Waals surface area contributed by atoms with Crippen molar-refractivity contribution in [3.8, 4) is 0 Å². The molecule has 1 aliphatic rings. The van der Waals surface area contributed by atoms with Crippen LogP contribution < -0.4 is 20.7 Å². The van der Waals surface area contributed by atoms with Crippen LogP contribution in [0.15, 0.2) is 64.9 Å². The van der Waals surface area contributed by atoms with Crippen LogP contribution in [0.3, 0.4) is 0 Å². The van der Waals surface area contributed by atoms with E-state index in [9.17, 15) is 18.0 Å². The first-order chi connectivity index (χ1) is 14.8. The molecule has 0 radical (unpaired) electrons. The van der Waals surface area contributed by atoms with Crippen molar-refractivity contribution in [3.63, 3.8) is 0 Å². The summed E-state index contributed by atoms with van der Waals surface area (Å²) in [5.74, 6) is -0.371. The van der Waals surface area contributed by atoms with Gasteiger partial charge in [0.15, 0.2) is 0 Å². The van der Waals surface area contributed by atoms with E-state index < -0.39 is 10.0 Å². The van der Waals surface area contributed by atoms with Crippen LogP contribution >= 0.6 is 11.3 Å². The third-order valence-corrected chi connectivity index (χ3v) is 6.66. The molecule has 4 rings (SSSR count). The summed E-state index contributed by atoms with van der Waals surface area (Å²) in [6, 6.07) is 15.1. The standard InChI is InChI=1S/C21H20N4O4S2/c22-31(28,29)17-7-8-18-14(12-17)9-10-25(18)13-20(26)23-15-3-5-16(6-4-15)24-21(27)19-2-1-11-30-19/h1-8,11-12H,9-10,13H2,(H,23,26)(H,24,27)(H2,22,28,29). The van der Waals surface area contributed by atoms with Gasteiger partial charge in [-0.2, -0.15) is 0 Å². The van der Waals surface area contributed by atoms with E-state index in [1.807, 2.05) is 16.3 Å². The molecule has 0 spiro atoms. The molecule has 0 bridgehead atoms. The van der Waals surface area contributed by atoms with Crippen LogP contribution in [-0.4, -0.2) is 33.3 Å². The van der Waals surface area contributed by atoms with Gasteiger partial charge in [0.25, 0.3) is 5.91 Å². The second-order valence-corrected chi connectivity index (χ2v) is 9.57. The maximum absolute atomic E-state index is 12.5. The van der Waals surface area contributed by atoms with Gasteiger partial charge in [-0.1, -0.05) is 6.07 Å². The minimum Gasteiger partial charge on any atom is -0.362 e. The fraction of sp³-hybridized carbons (Fsp3) is 0.143. The lowest BCUT2D eigenvalue weighted by Crippen LogP contribution is -2.31. The molecule has 1 aromatic heterocycles. The highest BCUT2D eigenvalue weighted by Crippen LogP contribution is 2.29. The van der Waals surface area contributed by atoms with Crippen LogP contribution in [0, 0.1) is 0 Å². The molecule has 0 aliphatic carbocycles. The fourth-order valence-electron chi connectivity index (χ4n) is 3.40. The van der Waals surface area contributed by atoms with Gasteiger partial charge in [0.05, 0.1) is 16.3 Å². The number of rotatable bonds is 6. The summed E-state index contributed by atoms with van der Waals surface area (Å²) in [6.45, 7) is 0.753. The van der Waals surface area contributed by atoms with Gasteiger partial charge >= 0.3 is 0 Å². The first kappa shape index (κ1) is 21.0. The molecule has 2 heterocycles. The molecule has 10 heteroatoms. The molecule has 0 saturated heterocycles. The van der Waals surface area contributed by atoms with Gasteiger partial charge in [-0.05, 0) is 65.9 Å². The normalized spacial score (nSPS) is 13.0. The van der Waals surface area contributed by atoms with Crippen molar-refractivity contribution in [2.24, 2.45) is 5.14 Å². The molecule has 0 fully saturated rings. The van der Waals surface area contributed by atoms with Crippen molar-refractivity contribution in [2.45, 2.75) is 11.3 Å². The number of carbonyl (C=O) groups excluding carboxylic acids is 2. The fourth-order valence-corrected chi connectivity index (χ4v) is 4.58. The van der Waals surface area contributed by atoms with Crippen LogP contribution in [0.2, 0.25) is 0 Å². The summed E-state index contributed by atoms with van der Waals surface area (Å²) in [7, 11) is -3.75. The molecule has 31 heavy (non-hydrogen) atoms. The van der Waals surface area contributed by atoms with E-state index >= 15 is 0 Å². The van der Waals surface area contributed by atoms with Crippen molar-refractivity contribution in [3.05, 3.63) is 70.4 Å². The number of carbonyl (C=O) groups is 2. The molecular formula is C21H20N4O4S2. The molecule has 1 aliphatic heterocycles. The van der Waals surface area contributed by atoms with E-state index in [0.29, 0.717) is 29.2 Å². The average Bonchev–Trinajstić information content (AvgIpc) is 3.39. The largest absolute Gasteiger partial charge is 0.362 e. The number of sulfonamides is 1. The summed E-state index contributed by atoms with van der Waals surface area (Å²) in [5.41, 5.74) is 2.93. The molecule has 8 nitrogen and oxygen atoms in total. The zero-order chi connectivity index (χ0) is 22.0. The number of hydrogen-bond donors (Lipinski definition) is 3. The SMILES string of the molecule is NS(=O)(=O)c1ccc2c(c1)CCN2CC(=O)Nc1ccc(NC(=O)c2cccs2)cc1. The first-order valence-electron chi connectivity index (χ1n) is 9.45. The predicted octanol–water partition coefficient (Wildman–Crippen LogP) is 2.65. The Kier molecular flexibility index (Phi) is 5.77. The number of primary sulfonamides is 1. The maximum atomic E-state index is 12.5. The Morgan fingerprint density at radius 2 is 1.74 bits per heavy atom. The monoisotopic (exact) mass is 456 g/mol. The van der Waals surface area contributed by atoms with Gasteiger partial charge in [0.1, 0.15) is 0 Å². The lowest BCUT2D eigenvalue weighted by molar-refractivity contribution is -0.115. The van der Waals surface area contributed by atoms with Gasteiger partial charge in [0.2, 0.25) is 15.9 Å². The van der Waals surface area contributed by atoms with Crippen LogP contribution in [0.4, 0.5) is 17.1 Å². The number of benzene rings is 2. The maximum Gasteiger partial charge on any atom is 0.265 e. The summed E-state index contributed by atoms with van der Waals surface area (Å²) >= 11 is 1.36. The number of nitrogens with zero attached hydrogens (tertiary/aromatic N) is 1. The zero-order valence-electron chi connectivity index (χ0n) is 16.4. The van der Waals surface area contributed by atoms with Crippen molar-refractivity contribution < 1.29 is 18.0 Å². The number of thiophene rings is 1. The van der Waals surface area contributed by atoms with E-state index in [2.05, 4.69) is 10.6 Å². The highest BCUT2D eigenvalue weighted by atomic mass is 32.2. The predicted molar refractivity (Wildman–Crippen MR) is 121 cm³/mol. The zero-order valence-corrected chi connectivity index (χ0v) is 18.0. The first-order valence-corrected chi connectivity index (χ1v) is 11.9. The minimum atomic E-state index is -3.75. The summed E-state index contributed by atoms with van der Waals surface area (Å²) in [4.78, 5) is 27.2. The Balaban J connectivity index is 1.35. The lowest BCUT2D eigenvalue weighted by Gasteiger charge is -2.19. The molecule has 0 atom stereocenters. The molecule has 2 aromatic carbocycles. The quantitative estimate of drug-likeness (QED) is 0.526. The molecule has 4 N–H and O–H groups in total. The van der Waals surface area contributed by atoms with E-state index in [1.165, 1.54) is 17.4 Å². The van der Waals surface area contributed by atoms with Crippen molar-refractivity contribution in [1.29, 1.82) is 0 Å². The third-order valence-electron chi connectivity index (χ3n) is 4.88. The van der Waals surface area contributed by atoms with Gasteiger partial charge < -0.3 is 15.5 Å². The molecule has 0 saturated carbocycles. The van der Waals surface area contributed by atoms with Crippen molar-refractivity contribution in [2.75, 3.05) is 28.6 Å². The van der Waals surface area contributed by atoms with Crippen LogP contribution in [0.5, 0.6) is 0 Å². The number of nitrogens with one attached hydrogen (secondary N) is 2. The highest BCUT2D eigenvalue weighted by Gasteiger charge is 2.23. The van der Waals surface area contributed by atoms with Gasteiger partial charge in [0, 0.05) is 23.6 Å². The molecule has 160 valence electrons. The van der Waals surface area contributed by atoms with E-state index in [0.717, 1.165) is 11.3 Å². The number of hydrogen-bond acceptors (Lipinski definition) is 6. The van der Waals surface area contributed by atoms with Gasteiger partial charge in [-0.25, -0.2) is 13.6 Å². The number of fused-ring (bicyclic) bond motifs is 1. The van der Waals surface area contributed by atoms with Gasteiger partial charge in [-0.3, -0.25) is 9.59 Å². The second kappa shape index (κ2) is 8.50. The molecule has 3 aromatic rings. The van der Waals surface area contributed by atoms with Crippen molar-refractivity contribution >= 4 is 50.2 Å². The smallest absolute Gasteiger partial charge is 0.265 e. The van der Waals surface area contributed by atoms with Gasteiger partial charge in [-0.15, -0.1) is 11.3 Å². The Morgan fingerprint density at radius 3 is 2.39 bits per heavy atom. The van der Waals surface area contributed by atoms with Crippen LogP contribution in [0.1, 0.15) is 15.2 Å². The summed E-state index contributed by atoms with van der Waals surface area (Å²) in [6.07, 6.45) is 0.643.